The van der Waals surface area contributed by atoms with E-state index in [9.17, 15) is 9.18 Å². The van der Waals surface area contributed by atoms with E-state index in [4.69, 9.17) is 0 Å². The number of hydrogen-bond donors (Lipinski definition) is 0. The zero-order valence-corrected chi connectivity index (χ0v) is 11.2. The molecular weight excluding hydrogens is 259 g/mol. The van der Waals surface area contributed by atoms with Crippen molar-refractivity contribution < 1.29 is 9.18 Å². The molecule has 5 nitrogen and oxygen atoms in total. The highest BCUT2D eigenvalue weighted by atomic mass is 19.1. The summed E-state index contributed by atoms with van der Waals surface area (Å²) in [6.07, 6.45) is 3.67. The number of likely N-dealkylation sites (tertiary alicyclic amines) is 1. The van der Waals surface area contributed by atoms with Crippen LogP contribution in [0.2, 0.25) is 0 Å². The molecule has 1 fully saturated rings. The van der Waals surface area contributed by atoms with Crippen LogP contribution in [-0.4, -0.2) is 38.9 Å². The third kappa shape index (κ3) is 2.29. The van der Waals surface area contributed by atoms with Crippen molar-refractivity contribution in [1.29, 1.82) is 0 Å². The van der Waals surface area contributed by atoms with Crippen LogP contribution in [0.4, 0.5) is 4.39 Å². The van der Waals surface area contributed by atoms with Crippen molar-refractivity contribution in [1.82, 2.24) is 19.9 Å². The molecule has 1 saturated heterocycles. The first kappa shape index (κ1) is 12.8. The summed E-state index contributed by atoms with van der Waals surface area (Å²) in [5, 5.41) is 7.86. The molecule has 2 aromatic rings. The van der Waals surface area contributed by atoms with E-state index in [1.807, 2.05) is 0 Å². The molecule has 0 radical (unpaired) electrons. The van der Waals surface area contributed by atoms with Crippen LogP contribution in [0.3, 0.4) is 0 Å². The lowest BCUT2D eigenvalue weighted by Crippen LogP contribution is -2.27. The highest BCUT2D eigenvalue weighted by molar-refractivity contribution is 5.92. The summed E-state index contributed by atoms with van der Waals surface area (Å²) in [5.74, 6) is -0.352. The third-order valence-electron chi connectivity index (χ3n) is 3.51. The minimum atomic E-state index is -0.262. The predicted molar refractivity (Wildman–Crippen MR) is 71.2 cm³/mol. The van der Waals surface area contributed by atoms with Gasteiger partial charge in [0.1, 0.15) is 5.82 Å². The van der Waals surface area contributed by atoms with Crippen molar-refractivity contribution in [3.63, 3.8) is 0 Å². The number of rotatable bonds is 2. The fraction of sp³-hybridized carbons (Fsp3) is 0.357. The van der Waals surface area contributed by atoms with E-state index in [1.165, 1.54) is 10.7 Å². The van der Waals surface area contributed by atoms with Gasteiger partial charge in [0.2, 0.25) is 0 Å². The molecule has 0 aliphatic carbocycles. The van der Waals surface area contributed by atoms with Crippen LogP contribution in [0, 0.1) is 12.7 Å². The minimum Gasteiger partial charge on any atom is -0.337 e. The molecule has 104 valence electrons. The van der Waals surface area contributed by atoms with Gasteiger partial charge in [0, 0.05) is 13.1 Å². The molecule has 1 aliphatic heterocycles. The van der Waals surface area contributed by atoms with Crippen molar-refractivity contribution in [2.45, 2.75) is 19.8 Å². The van der Waals surface area contributed by atoms with E-state index < -0.39 is 0 Å². The minimum absolute atomic E-state index is 0.0902. The molecule has 0 atom stereocenters. The lowest BCUT2D eigenvalue weighted by atomic mass is 10.2. The van der Waals surface area contributed by atoms with E-state index in [0.717, 1.165) is 25.9 Å². The average molecular weight is 274 g/mol. The zero-order chi connectivity index (χ0) is 14.1. The number of nitrogens with zero attached hydrogens (tertiary/aromatic N) is 4. The molecule has 0 N–H and O–H groups in total. The maximum Gasteiger partial charge on any atom is 0.276 e. The fourth-order valence-electron chi connectivity index (χ4n) is 2.34. The Morgan fingerprint density at radius 2 is 2.05 bits per heavy atom. The highest BCUT2D eigenvalue weighted by Gasteiger charge is 2.22. The van der Waals surface area contributed by atoms with Gasteiger partial charge in [-0.15, -0.1) is 5.10 Å². The van der Waals surface area contributed by atoms with Gasteiger partial charge in [-0.25, -0.2) is 9.07 Å². The standard InChI is InChI=1S/C14H15FN4O/c1-10-8-11(4-5-12(10)15)19-9-13(16-17-19)14(20)18-6-2-3-7-18/h4-5,8-9H,2-3,6-7H2,1H3. The number of benzene rings is 1. The molecule has 1 aromatic heterocycles. The first-order valence-electron chi connectivity index (χ1n) is 6.63. The SMILES string of the molecule is Cc1cc(-n2cc(C(=O)N3CCCC3)nn2)ccc1F. The average Bonchev–Trinajstić information content (AvgIpc) is 3.11. The van der Waals surface area contributed by atoms with Crippen molar-refractivity contribution in [2.24, 2.45) is 0 Å². The number of aromatic nitrogens is 3. The van der Waals surface area contributed by atoms with Crippen LogP contribution in [0.15, 0.2) is 24.4 Å². The molecule has 3 rings (SSSR count). The molecule has 1 amide bonds. The monoisotopic (exact) mass is 274 g/mol. The van der Waals surface area contributed by atoms with E-state index in [2.05, 4.69) is 10.3 Å². The number of hydrogen-bond acceptors (Lipinski definition) is 3. The van der Waals surface area contributed by atoms with Crippen LogP contribution < -0.4 is 0 Å². The molecular formula is C14H15FN4O. The van der Waals surface area contributed by atoms with Gasteiger partial charge in [-0.1, -0.05) is 5.21 Å². The van der Waals surface area contributed by atoms with Gasteiger partial charge < -0.3 is 4.90 Å². The Labute approximate surface area is 116 Å². The van der Waals surface area contributed by atoms with Crippen molar-refractivity contribution in [3.8, 4) is 5.69 Å². The number of carbonyl (C=O) groups excluding carboxylic acids is 1. The molecule has 0 spiro atoms. The molecule has 0 unspecified atom stereocenters. The van der Waals surface area contributed by atoms with E-state index in [0.29, 0.717) is 16.9 Å². The summed E-state index contributed by atoms with van der Waals surface area (Å²) in [5.41, 5.74) is 1.55. The Bertz CT molecular complexity index is 646. The van der Waals surface area contributed by atoms with Crippen LogP contribution in [0.5, 0.6) is 0 Å². The topological polar surface area (TPSA) is 51.0 Å². The van der Waals surface area contributed by atoms with Gasteiger partial charge in [-0.2, -0.15) is 0 Å². The van der Waals surface area contributed by atoms with Gasteiger partial charge in [-0.3, -0.25) is 4.79 Å². The molecule has 0 bridgehead atoms. The summed E-state index contributed by atoms with van der Waals surface area (Å²) < 4.78 is 14.7. The Morgan fingerprint density at radius 1 is 1.30 bits per heavy atom. The normalized spacial score (nSPS) is 14.8. The van der Waals surface area contributed by atoms with Crippen molar-refractivity contribution in [3.05, 3.63) is 41.5 Å². The number of carbonyl (C=O) groups is 1. The highest BCUT2D eigenvalue weighted by Crippen LogP contribution is 2.15. The first-order chi connectivity index (χ1) is 9.65. The maximum absolute atomic E-state index is 13.2. The smallest absolute Gasteiger partial charge is 0.276 e. The van der Waals surface area contributed by atoms with Gasteiger partial charge in [-0.05, 0) is 43.5 Å². The van der Waals surface area contributed by atoms with Crippen LogP contribution in [0.1, 0.15) is 28.9 Å². The van der Waals surface area contributed by atoms with E-state index in [-0.39, 0.29) is 11.7 Å². The Hall–Kier alpha value is -2.24. The quantitative estimate of drug-likeness (QED) is 0.841. The fourth-order valence-corrected chi connectivity index (χ4v) is 2.34. The molecule has 6 heteroatoms. The number of aryl methyl sites for hydroxylation is 1. The van der Waals surface area contributed by atoms with Gasteiger partial charge in [0.15, 0.2) is 5.69 Å². The molecule has 1 aliphatic rings. The lowest BCUT2D eigenvalue weighted by molar-refractivity contribution is 0.0787. The summed E-state index contributed by atoms with van der Waals surface area (Å²) in [6.45, 7) is 3.24. The zero-order valence-electron chi connectivity index (χ0n) is 11.2. The second-order valence-corrected chi connectivity index (χ2v) is 4.98. The first-order valence-corrected chi connectivity index (χ1v) is 6.63. The summed E-state index contributed by atoms with van der Waals surface area (Å²) in [6, 6.07) is 4.67. The predicted octanol–water partition coefficient (Wildman–Crippen LogP) is 1.95. The molecule has 1 aromatic carbocycles. The number of amides is 1. The molecule has 0 saturated carbocycles. The number of halogens is 1. The van der Waals surface area contributed by atoms with Crippen LogP contribution >= 0.6 is 0 Å². The third-order valence-corrected chi connectivity index (χ3v) is 3.51. The van der Waals surface area contributed by atoms with E-state index >= 15 is 0 Å². The lowest BCUT2D eigenvalue weighted by Gasteiger charge is -2.12. The summed E-state index contributed by atoms with van der Waals surface area (Å²) in [4.78, 5) is 13.9. The van der Waals surface area contributed by atoms with Gasteiger partial charge in [0.25, 0.3) is 5.91 Å². The van der Waals surface area contributed by atoms with Gasteiger partial charge in [0.05, 0.1) is 11.9 Å². The Balaban J connectivity index is 1.85. The van der Waals surface area contributed by atoms with Gasteiger partial charge >= 0.3 is 0 Å². The van der Waals surface area contributed by atoms with Crippen LogP contribution in [-0.2, 0) is 0 Å². The Kier molecular flexibility index (Phi) is 3.22. The summed E-state index contributed by atoms with van der Waals surface area (Å²) in [7, 11) is 0. The van der Waals surface area contributed by atoms with Crippen molar-refractivity contribution in [2.75, 3.05) is 13.1 Å². The Morgan fingerprint density at radius 3 is 2.75 bits per heavy atom. The molecule has 20 heavy (non-hydrogen) atoms. The van der Waals surface area contributed by atoms with E-state index in [1.54, 1.807) is 30.2 Å². The second kappa shape index (κ2) is 5.03. The second-order valence-electron chi connectivity index (χ2n) is 4.98. The largest absolute Gasteiger partial charge is 0.337 e. The maximum atomic E-state index is 13.2. The summed E-state index contributed by atoms with van der Waals surface area (Å²) >= 11 is 0. The van der Waals surface area contributed by atoms with Crippen molar-refractivity contribution >= 4 is 5.91 Å². The molecule has 2 heterocycles. The van der Waals surface area contributed by atoms with Crippen LogP contribution in [0.25, 0.3) is 5.69 Å².